The smallest absolute Gasteiger partial charge is 0.230 e. The van der Waals surface area contributed by atoms with Crippen LogP contribution in [0.3, 0.4) is 0 Å². The number of aromatic nitrogens is 5. The second-order valence-corrected chi connectivity index (χ2v) is 8.51. The van der Waals surface area contributed by atoms with Crippen LogP contribution in [0.25, 0.3) is 0 Å². The number of aryl methyl sites for hydroxylation is 2. The number of piperidine rings is 1. The fourth-order valence-corrected chi connectivity index (χ4v) is 4.75. The van der Waals surface area contributed by atoms with Gasteiger partial charge < -0.3 is 0 Å². The average molecular weight is 406 g/mol. The van der Waals surface area contributed by atoms with Gasteiger partial charge in [-0.3, -0.25) is 24.3 Å². The molecule has 5 heterocycles. The second kappa shape index (κ2) is 7.36. The topological polar surface area (TPSA) is 72.1 Å². The fourth-order valence-electron chi connectivity index (χ4n) is 4.75. The van der Waals surface area contributed by atoms with Crippen molar-refractivity contribution in [3.8, 4) is 0 Å². The summed E-state index contributed by atoms with van der Waals surface area (Å²) in [6.07, 6.45) is 7.74. The van der Waals surface area contributed by atoms with E-state index in [9.17, 15) is 4.79 Å². The largest absolute Gasteiger partial charge is 0.297 e. The molecule has 3 aromatic heterocycles. The summed E-state index contributed by atoms with van der Waals surface area (Å²) in [6.45, 7) is 5.34. The zero-order chi connectivity index (χ0) is 20.7. The van der Waals surface area contributed by atoms with Crippen LogP contribution in [0, 0.1) is 6.92 Å². The molecule has 2 aliphatic rings. The highest BCUT2D eigenvalue weighted by atomic mass is 16.2. The minimum Gasteiger partial charge on any atom is -0.297 e. The third-order valence-corrected chi connectivity index (χ3v) is 6.50. The zero-order valence-electron chi connectivity index (χ0n) is 17.5. The first-order valence-corrected chi connectivity index (χ1v) is 10.5. The Balaban J connectivity index is 1.38. The molecule has 0 unspecified atom stereocenters. The molecule has 0 radical (unpaired) electrons. The maximum absolute atomic E-state index is 13.3. The third kappa shape index (κ3) is 3.31. The van der Waals surface area contributed by atoms with Crippen molar-refractivity contribution in [3.63, 3.8) is 0 Å². The van der Waals surface area contributed by atoms with Gasteiger partial charge in [0, 0.05) is 51.3 Å². The molecule has 0 atom stereocenters. The van der Waals surface area contributed by atoms with Crippen molar-refractivity contribution < 1.29 is 4.79 Å². The van der Waals surface area contributed by atoms with Crippen LogP contribution in [0.4, 0.5) is 5.82 Å². The molecule has 3 aromatic rings. The number of pyridine rings is 1. The summed E-state index contributed by atoms with van der Waals surface area (Å²) in [4.78, 5) is 21.7. The number of fused-ring (bicyclic) bond motifs is 2. The fraction of sp³-hybridized carbons (Fsp3) is 0.455. The van der Waals surface area contributed by atoms with Crippen LogP contribution in [0.1, 0.15) is 36.2 Å². The maximum atomic E-state index is 13.3. The van der Waals surface area contributed by atoms with Crippen molar-refractivity contribution in [2.45, 2.75) is 44.8 Å². The first kappa shape index (κ1) is 19.0. The molecule has 1 fully saturated rings. The number of nitrogens with zero attached hydrogens (tertiary/aromatic N) is 7. The Morgan fingerprint density at radius 1 is 1.07 bits per heavy atom. The Morgan fingerprint density at radius 3 is 2.53 bits per heavy atom. The third-order valence-electron chi connectivity index (χ3n) is 6.50. The molecule has 5 rings (SSSR count). The summed E-state index contributed by atoms with van der Waals surface area (Å²) >= 11 is 0. The van der Waals surface area contributed by atoms with E-state index in [-0.39, 0.29) is 11.4 Å². The highest BCUT2D eigenvalue weighted by molar-refractivity contribution is 5.94. The highest BCUT2D eigenvalue weighted by Crippen LogP contribution is 2.42. The van der Waals surface area contributed by atoms with Gasteiger partial charge in [0.25, 0.3) is 0 Å². The van der Waals surface area contributed by atoms with Crippen molar-refractivity contribution in [3.05, 3.63) is 59.8 Å². The van der Waals surface area contributed by atoms with Crippen LogP contribution in [-0.2, 0) is 30.5 Å². The predicted molar refractivity (Wildman–Crippen MR) is 113 cm³/mol. The summed E-state index contributed by atoms with van der Waals surface area (Å²) in [5.74, 6) is 1.10. The Labute approximate surface area is 176 Å². The summed E-state index contributed by atoms with van der Waals surface area (Å²) in [6, 6.07) is 8.03. The van der Waals surface area contributed by atoms with E-state index >= 15 is 0 Å². The molecule has 156 valence electrons. The molecule has 0 aromatic carbocycles. The SMILES string of the molecule is Cc1cc2n(n1)C1(CCN(Cc3ccnn3C)CC1)CC(=O)N2Cc1ccncc1. The normalized spacial score (nSPS) is 18.7. The molecule has 2 aliphatic heterocycles. The molecule has 30 heavy (non-hydrogen) atoms. The Kier molecular flexibility index (Phi) is 4.66. The van der Waals surface area contributed by atoms with Gasteiger partial charge in [0.2, 0.25) is 5.91 Å². The van der Waals surface area contributed by atoms with Gasteiger partial charge in [0.1, 0.15) is 5.82 Å². The van der Waals surface area contributed by atoms with Crippen LogP contribution < -0.4 is 4.90 Å². The maximum Gasteiger partial charge on any atom is 0.230 e. The number of anilines is 1. The lowest BCUT2D eigenvalue weighted by Gasteiger charge is -2.46. The standard InChI is InChI=1S/C22H27N7O/c1-17-13-20-28(15-18-3-8-23-9-4-18)21(30)14-22(29(20)25-17)6-11-27(12-7-22)16-19-5-10-24-26(19)2/h3-5,8-10,13H,6-7,11-12,14-16H2,1-2H3. The van der Waals surface area contributed by atoms with Gasteiger partial charge in [0.15, 0.2) is 0 Å². The first-order chi connectivity index (χ1) is 14.5. The quantitative estimate of drug-likeness (QED) is 0.666. The van der Waals surface area contributed by atoms with Crippen LogP contribution >= 0.6 is 0 Å². The minimum atomic E-state index is -0.224. The van der Waals surface area contributed by atoms with Gasteiger partial charge in [-0.15, -0.1) is 0 Å². The summed E-state index contributed by atoms with van der Waals surface area (Å²) < 4.78 is 4.08. The number of carbonyl (C=O) groups is 1. The van der Waals surface area contributed by atoms with E-state index in [0.717, 1.165) is 49.6 Å². The number of likely N-dealkylation sites (tertiary alicyclic amines) is 1. The van der Waals surface area contributed by atoms with Crippen molar-refractivity contribution in [2.75, 3.05) is 18.0 Å². The molecule has 1 spiro atoms. The van der Waals surface area contributed by atoms with Gasteiger partial charge in [-0.25, -0.2) is 4.68 Å². The number of hydrogen-bond acceptors (Lipinski definition) is 5. The van der Waals surface area contributed by atoms with Crippen LogP contribution in [0.15, 0.2) is 42.9 Å². The molecule has 8 heteroatoms. The highest BCUT2D eigenvalue weighted by Gasteiger charge is 2.46. The van der Waals surface area contributed by atoms with Crippen molar-refractivity contribution in [1.29, 1.82) is 0 Å². The molecule has 8 nitrogen and oxygen atoms in total. The van der Waals surface area contributed by atoms with Gasteiger partial charge in [0.05, 0.1) is 29.9 Å². The average Bonchev–Trinajstić information content (AvgIpc) is 3.34. The lowest BCUT2D eigenvalue weighted by molar-refractivity contribution is -0.123. The lowest BCUT2D eigenvalue weighted by Crippen LogP contribution is -2.53. The van der Waals surface area contributed by atoms with E-state index < -0.39 is 0 Å². The number of carbonyl (C=O) groups excluding carboxylic acids is 1. The van der Waals surface area contributed by atoms with Crippen LogP contribution in [0.2, 0.25) is 0 Å². The van der Waals surface area contributed by atoms with Crippen LogP contribution in [-0.4, -0.2) is 48.4 Å². The van der Waals surface area contributed by atoms with Gasteiger partial charge in [-0.2, -0.15) is 10.2 Å². The molecular weight excluding hydrogens is 378 g/mol. The molecule has 0 saturated carbocycles. The molecule has 0 N–H and O–H groups in total. The lowest BCUT2D eigenvalue weighted by atomic mass is 9.82. The van der Waals surface area contributed by atoms with E-state index in [4.69, 9.17) is 5.10 Å². The molecule has 1 saturated heterocycles. The van der Waals surface area contributed by atoms with Crippen molar-refractivity contribution in [2.24, 2.45) is 7.05 Å². The van der Waals surface area contributed by atoms with Crippen LogP contribution in [0.5, 0.6) is 0 Å². The molecule has 0 aliphatic carbocycles. The van der Waals surface area contributed by atoms with Gasteiger partial charge >= 0.3 is 0 Å². The van der Waals surface area contributed by atoms with Gasteiger partial charge in [-0.05, 0) is 43.5 Å². The molecular formula is C22H27N7O. The van der Waals surface area contributed by atoms with E-state index in [1.54, 1.807) is 12.4 Å². The summed E-state index contributed by atoms with van der Waals surface area (Å²) in [5.41, 5.74) is 3.02. The number of hydrogen-bond donors (Lipinski definition) is 0. The Bertz CT molecular complexity index is 1050. The second-order valence-electron chi connectivity index (χ2n) is 8.51. The summed E-state index contributed by atoms with van der Waals surface area (Å²) in [5, 5.41) is 9.12. The first-order valence-electron chi connectivity index (χ1n) is 10.5. The zero-order valence-corrected chi connectivity index (χ0v) is 17.5. The monoisotopic (exact) mass is 405 g/mol. The molecule has 1 amide bonds. The van der Waals surface area contributed by atoms with Crippen molar-refractivity contribution in [1.82, 2.24) is 29.4 Å². The summed E-state index contributed by atoms with van der Waals surface area (Å²) in [7, 11) is 1.98. The molecule has 0 bridgehead atoms. The number of amides is 1. The Hall–Kier alpha value is -3.00. The minimum absolute atomic E-state index is 0.180. The Morgan fingerprint density at radius 2 is 1.83 bits per heavy atom. The van der Waals surface area contributed by atoms with E-state index in [1.807, 2.05) is 47.9 Å². The van der Waals surface area contributed by atoms with Crippen molar-refractivity contribution >= 4 is 11.7 Å². The van der Waals surface area contributed by atoms with Gasteiger partial charge in [-0.1, -0.05) is 0 Å². The van der Waals surface area contributed by atoms with E-state index in [1.165, 1.54) is 5.69 Å². The van der Waals surface area contributed by atoms with E-state index in [0.29, 0.717) is 13.0 Å². The van der Waals surface area contributed by atoms with E-state index in [2.05, 4.69) is 25.7 Å². The predicted octanol–water partition coefficient (Wildman–Crippen LogP) is 2.25. The number of rotatable bonds is 4.